The van der Waals surface area contributed by atoms with Gasteiger partial charge in [-0.2, -0.15) is 0 Å². The highest BCUT2D eigenvalue weighted by Gasteiger charge is 2.19. The van der Waals surface area contributed by atoms with Gasteiger partial charge in [-0.3, -0.25) is 9.69 Å². The van der Waals surface area contributed by atoms with Crippen molar-refractivity contribution < 1.29 is 19.0 Å². The lowest BCUT2D eigenvalue weighted by Gasteiger charge is -2.29. The van der Waals surface area contributed by atoms with Crippen LogP contribution in [0.1, 0.15) is 27.0 Å². The number of benzene rings is 3. The molecular weight excluding hydrogens is 430 g/mol. The van der Waals surface area contributed by atoms with E-state index in [-0.39, 0.29) is 5.91 Å². The van der Waals surface area contributed by atoms with E-state index in [9.17, 15) is 4.79 Å². The highest BCUT2D eigenvalue weighted by atomic mass is 16.5. The number of ether oxygens (including phenoxy) is 3. The Kier molecular flexibility index (Phi) is 7.23. The highest BCUT2D eigenvalue weighted by molar-refractivity contribution is 6.05. The first-order chi connectivity index (χ1) is 16.5. The van der Waals surface area contributed by atoms with Crippen LogP contribution in [0.4, 0.5) is 11.4 Å². The Hall–Kier alpha value is -3.71. The number of amides is 1. The molecule has 0 bridgehead atoms. The average molecular weight is 462 g/mol. The van der Waals surface area contributed by atoms with Crippen molar-refractivity contribution in [2.45, 2.75) is 19.4 Å². The van der Waals surface area contributed by atoms with Crippen molar-refractivity contribution in [3.8, 4) is 17.2 Å². The van der Waals surface area contributed by atoms with Crippen molar-refractivity contribution in [1.29, 1.82) is 0 Å². The molecule has 1 heterocycles. The van der Waals surface area contributed by atoms with Crippen LogP contribution in [-0.2, 0) is 19.4 Å². The lowest BCUT2D eigenvalue weighted by atomic mass is 9.98. The minimum absolute atomic E-state index is 0.207. The highest BCUT2D eigenvalue weighted by Crippen LogP contribution is 2.33. The van der Waals surface area contributed by atoms with Gasteiger partial charge in [0, 0.05) is 30.9 Å². The molecule has 4 rings (SSSR count). The van der Waals surface area contributed by atoms with Crippen LogP contribution >= 0.6 is 0 Å². The quantitative estimate of drug-likeness (QED) is 0.490. The molecule has 7 nitrogen and oxygen atoms in total. The number of nitrogen functional groups attached to an aromatic ring is 1. The van der Waals surface area contributed by atoms with Crippen molar-refractivity contribution in [2.24, 2.45) is 0 Å². The zero-order valence-corrected chi connectivity index (χ0v) is 19.9. The Balaban J connectivity index is 1.32. The monoisotopic (exact) mass is 461 g/mol. The molecule has 0 spiro atoms. The third-order valence-corrected chi connectivity index (χ3v) is 6.22. The number of hydrogen-bond donors (Lipinski definition) is 2. The normalized spacial score (nSPS) is 13.1. The predicted molar refractivity (Wildman–Crippen MR) is 134 cm³/mol. The number of fused-ring (bicyclic) bond motifs is 1. The fourth-order valence-corrected chi connectivity index (χ4v) is 4.25. The Morgan fingerprint density at radius 2 is 1.59 bits per heavy atom. The summed E-state index contributed by atoms with van der Waals surface area (Å²) in [5, 5.41) is 2.92. The molecule has 178 valence electrons. The third kappa shape index (κ3) is 5.26. The van der Waals surface area contributed by atoms with E-state index in [2.05, 4.69) is 34.5 Å². The molecule has 3 N–H and O–H groups in total. The number of nitrogens with zero attached hydrogens (tertiary/aromatic N) is 1. The minimum Gasteiger partial charge on any atom is -0.495 e. The summed E-state index contributed by atoms with van der Waals surface area (Å²) in [7, 11) is 4.89. The zero-order chi connectivity index (χ0) is 24.1. The van der Waals surface area contributed by atoms with E-state index in [4.69, 9.17) is 19.9 Å². The minimum atomic E-state index is -0.207. The lowest BCUT2D eigenvalue weighted by molar-refractivity contribution is 0.102. The molecule has 0 saturated carbocycles. The molecule has 0 atom stereocenters. The fraction of sp³-hybridized carbons (Fsp3) is 0.296. The number of methoxy groups -OCH3 is 3. The first kappa shape index (κ1) is 23.4. The average Bonchev–Trinajstić information content (AvgIpc) is 2.87. The number of nitrogens with one attached hydrogen (secondary N) is 1. The Morgan fingerprint density at radius 3 is 2.24 bits per heavy atom. The summed E-state index contributed by atoms with van der Waals surface area (Å²) in [5.41, 5.74) is 11.4. The standard InChI is InChI=1S/C27H31N3O4/c1-32-24-9-6-20(14-23(24)28)27(31)29-22-7-4-18(5-8-22)10-12-30-13-11-19-15-25(33-2)26(34-3)16-21(19)17-30/h4-9,14-16H,10-13,17,28H2,1-3H3,(H,29,31). The number of anilines is 2. The summed E-state index contributed by atoms with van der Waals surface area (Å²) in [4.78, 5) is 15.0. The van der Waals surface area contributed by atoms with Gasteiger partial charge in [-0.05, 0) is 72.0 Å². The second kappa shape index (κ2) is 10.5. The van der Waals surface area contributed by atoms with E-state index < -0.39 is 0 Å². The van der Waals surface area contributed by atoms with Crippen molar-refractivity contribution in [3.63, 3.8) is 0 Å². The van der Waals surface area contributed by atoms with Gasteiger partial charge in [0.05, 0.1) is 27.0 Å². The second-order valence-electron chi connectivity index (χ2n) is 8.36. The Morgan fingerprint density at radius 1 is 0.912 bits per heavy atom. The van der Waals surface area contributed by atoms with Crippen molar-refractivity contribution in [1.82, 2.24) is 4.90 Å². The summed E-state index contributed by atoms with van der Waals surface area (Å²) in [6.07, 6.45) is 1.93. The summed E-state index contributed by atoms with van der Waals surface area (Å²) in [6.45, 7) is 2.88. The lowest BCUT2D eigenvalue weighted by Crippen LogP contribution is -2.32. The van der Waals surface area contributed by atoms with E-state index in [1.165, 1.54) is 16.7 Å². The zero-order valence-electron chi connectivity index (χ0n) is 19.9. The van der Waals surface area contributed by atoms with Gasteiger partial charge < -0.3 is 25.3 Å². The van der Waals surface area contributed by atoms with Crippen LogP contribution < -0.4 is 25.3 Å². The number of hydrogen-bond acceptors (Lipinski definition) is 6. The first-order valence-corrected chi connectivity index (χ1v) is 11.3. The maximum Gasteiger partial charge on any atom is 0.255 e. The number of carbonyl (C=O) groups excluding carboxylic acids is 1. The fourth-order valence-electron chi connectivity index (χ4n) is 4.25. The third-order valence-electron chi connectivity index (χ3n) is 6.22. The van der Waals surface area contributed by atoms with Gasteiger partial charge >= 0.3 is 0 Å². The van der Waals surface area contributed by atoms with Crippen molar-refractivity contribution in [2.75, 3.05) is 45.5 Å². The first-order valence-electron chi connectivity index (χ1n) is 11.3. The van der Waals surface area contributed by atoms with Crippen LogP contribution in [-0.4, -0.2) is 45.2 Å². The summed E-state index contributed by atoms with van der Waals surface area (Å²) < 4.78 is 16.0. The maximum atomic E-state index is 12.5. The molecule has 3 aromatic carbocycles. The second-order valence-corrected chi connectivity index (χ2v) is 8.36. The van der Waals surface area contributed by atoms with Crippen LogP contribution in [0.5, 0.6) is 17.2 Å². The van der Waals surface area contributed by atoms with Crippen LogP contribution in [0.2, 0.25) is 0 Å². The number of rotatable bonds is 8. The molecule has 34 heavy (non-hydrogen) atoms. The van der Waals surface area contributed by atoms with Gasteiger partial charge in [0.25, 0.3) is 5.91 Å². The largest absolute Gasteiger partial charge is 0.495 e. The SMILES string of the molecule is COc1ccc(C(=O)Nc2ccc(CCN3CCc4cc(OC)c(OC)cc4C3)cc2)cc1N. The van der Waals surface area contributed by atoms with E-state index in [1.54, 1.807) is 39.5 Å². The van der Waals surface area contributed by atoms with Gasteiger partial charge in [-0.15, -0.1) is 0 Å². The van der Waals surface area contributed by atoms with Crippen molar-refractivity contribution >= 4 is 17.3 Å². The van der Waals surface area contributed by atoms with Crippen molar-refractivity contribution in [3.05, 3.63) is 76.9 Å². The number of carbonyl (C=O) groups is 1. The van der Waals surface area contributed by atoms with Crippen LogP contribution in [0.25, 0.3) is 0 Å². The molecule has 7 heteroatoms. The van der Waals surface area contributed by atoms with Gasteiger partial charge in [-0.1, -0.05) is 12.1 Å². The Bertz CT molecular complexity index is 1160. The van der Waals surface area contributed by atoms with Gasteiger partial charge in [0.2, 0.25) is 0 Å². The topological polar surface area (TPSA) is 86.0 Å². The molecule has 3 aromatic rings. The van der Waals surface area contributed by atoms with E-state index in [1.807, 2.05) is 12.1 Å². The molecule has 0 radical (unpaired) electrons. The Labute approximate surface area is 200 Å². The van der Waals surface area contributed by atoms with Crippen LogP contribution in [0, 0.1) is 0 Å². The molecule has 0 aromatic heterocycles. The molecule has 0 unspecified atom stereocenters. The van der Waals surface area contributed by atoms with Gasteiger partial charge in [0.1, 0.15) is 5.75 Å². The van der Waals surface area contributed by atoms with Crippen LogP contribution in [0.15, 0.2) is 54.6 Å². The van der Waals surface area contributed by atoms with E-state index in [0.717, 1.165) is 49.7 Å². The van der Waals surface area contributed by atoms with E-state index in [0.29, 0.717) is 17.0 Å². The molecule has 1 aliphatic heterocycles. The van der Waals surface area contributed by atoms with Gasteiger partial charge in [-0.25, -0.2) is 0 Å². The molecular formula is C27H31N3O4. The molecule has 1 amide bonds. The maximum absolute atomic E-state index is 12.5. The smallest absolute Gasteiger partial charge is 0.255 e. The molecule has 0 fully saturated rings. The molecule has 1 aliphatic rings. The molecule has 0 aliphatic carbocycles. The van der Waals surface area contributed by atoms with Gasteiger partial charge in [0.15, 0.2) is 11.5 Å². The molecule has 0 saturated heterocycles. The summed E-state index contributed by atoms with van der Waals surface area (Å²) in [6, 6.07) is 17.2. The van der Waals surface area contributed by atoms with Crippen LogP contribution in [0.3, 0.4) is 0 Å². The number of nitrogens with two attached hydrogens (primary N) is 1. The van der Waals surface area contributed by atoms with E-state index >= 15 is 0 Å². The summed E-state index contributed by atoms with van der Waals surface area (Å²) >= 11 is 0. The predicted octanol–water partition coefficient (Wildman–Crippen LogP) is 4.15. The summed E-state index contributed by atoms with van der Waals surface area (Å²) in [5.74, 6) is 1.91.